The maximum absolute atomic E-state index is 6.57. The Morgan fingerprint density at radius 2 is 1.47 bits per heavy atom. The third kappa shape index (κ3) is 7.14. The summed E-state index contributed by atoms with van der Waals surface area (Å²) in [6.07, 6.45) is 3.13. The second-order valence-electron chi connectivity index (χ2n) is 7.36. The van der Waals surface area contributed by atoms with E-state index < -0.39 is 14.5 Å². The fourth-order valence-electron chi connectivity index (χ4n) is 3.17. The summed E-state index contributed by atoms with van der Waals surface area (Å²) >= 11 is -1.01. The Kier molecular flexibility index (Phi) is 7.99. The van der Waals surface area contributed by atoms with Crippen LogP contribution in [-0.2, 0) is 3.79 Å². The van der Waals surface area contributed by atoms with Gasteiger partial charge in [-0.25, -0.2) is 0 Å². The van der Waals surface area contributed by atoms with E-state index in [4.69, 9.17) is 3.79 Å². The molecular weight excluding hydrogens is 249 g/mol. The van der Waals surface area contributed by atoms with Gasteiger partial charge in [-0.15, -0.1) is 0 Å². The van der Waals surface area contributed by atoms with Crippen molar-refractivity contribution in [3.05, 3.63) is 0 Å². The van der Waals surface area contributed by atoms with Crippen molar-refractivity contribution in [3.63, 3.8) is 0 Å². The SMILES string of the molecule is CC(C)[CH2][Al]([CH2]C(C)C)[O]C(C)C1CCN(C)CC1. The van der Waals surface area contributed by atoms with Crippen molar-refractivity contribution >= 4 is 14.5 Å². The van der Waals surface area contributed by atoms with Gasteiger partial charge in [-0.2, -0.15) is 0 Å². The fourth-order valence-corrected chi connectivity index (χ4v) is 6.52. The van der Waals surface area contributed by atoms with E-state index in [9.17, 15) is 0 Å². The van der Waals surface area contributed by atoms with E-state index in [0.717, 1.165) is 17.8 Å². The standard InChI is InChI=1S/C8H16NO.2C4H9.Al/c1-7(10)8-3-5-9(2)6-4-8;2*1-4(2)3;/h7-8H,3-6H2,1-2H3;2*4H,1H2,2-3H3;/q-1;;;+1. The second-order valence-corrected chi connectivity index (χ2v) is 9.82. The van der Waals surface area contributed by atoms with E-state index in [-0.39, 0.29) is 0 Å². The maximum atomic E-state index is 6.57. The molecule has 0 aliphatic carbocycles. The van der Waals surface area contributed by atoms with E-state index in [2.05, 4.69) is 46.6 Å². The molecule has 0 aromatic carbocycles. The van der Waals surface area contributed by atoms with E-state index in [1.165, 1.54) is 36.5 Å². The summed E-state index contributed by atoms with van der Waals surface area (Å²) in [5.41, 5.74) is 0. The van der Waals surface area contributed by atoms with Crippen LogP contribution >= 0.6 is 0 Å². The average Bonchev–Trinajstić information content (AvgIpc) is 2.27. The van der Waals surface area contributed by atoms with Gasteiger partial charge in [0.05, 0.1) is 0 Å². The van der Waals surface area contributed by atoms with Crippen LogP contribution in [0, 0.1) is 17.8 Å². The summed E-state index contributed by atoms with van der Waals surface area (Å²) in [5, 5.41) is 2.68. The first-order valence-electron chi connectivity index (χ1n) is 8.22. The van der Waals surface area contributed by atoms with Crippen LogP contribution in [0.15, 0.2) is 0 Å². The van der Waals surface area contributed by atoms with Crippen LogP contribution in [0.3, 0.4) is 0 Å². The van der Waals surface area contributed by atoms with Gasteiger partial charge >= 0.3 is 14.5 Å². The van der Waals surface area contributed by atoms with Crippen LogP contribution in [0.2, 0.25) is 10.6 Å². The van der Waals surface area contributed by atoms with Crippen molar-refractivity contribution in [1.29, 1.82) is 0 Å². The molecule has 1 aliphatic heterocycles. The van der Waals surface area contributed by atoms with Gasteiger partial charge in [0.1, 0.15) is 0 Å². The van der Waals surface area contributed by atoms with Gasteiger partial charge in [0, 0.05) is 6.10 Å². The molecule has 0 radical (unpaired) electrons. The predicted octanol–water partition coefficient (Wildman–Crippen LogP) is 4.04. The van der Waals surface area contributed by atoms with Crippen molar-refractivity contribution in [1.82, 2.24) is 4.90 Å². The molecule has 1 atom stereocenters. The van der Waals surface area contributed by atoms with Crippen molar-refractivity contribution in [2.45, 2.75) is 64.1 Å². The summed E-state index contributed by atoms with van der Waals surface area (Å²) in [5.74, 6) is 2.38. The van der Waals surface area contributed by atoms with Crippen molar-refractivity contribution in [2.24, 2.45) is 17.8 Å². The molecule has 1 unspecified atom stereocenters. The minimum Gasteiger partial charge on any atom is -0.498 e. The van der Waals surface area contributed by atoms with Crippen molar-refractivity contribution in [3.8, 4) is 0 Å². The summed E-state index contributed by atoms with van der Waals surface area (Å²) in [6.45, 7) is 14.2. The van der Waals surface area contributed by atoms with Crippen LogP contribution in [0.25, 0.3) is 0 Å². The fraction of sp³-hybridized carbons (Fsp3) is 1.00. The van der Waals surface area contributed by atoms with E-state index in [0.29, 0.717) is 6.10 Å². The number of rotatable bonds is 7. The van der Waals surface area contributed by atoms with Gasteiger partial charge in [0.2, 0.25) is 0 Å². The van der Waals surface area contributed by atoms with Crippen LogP contribution in [-0.4, -0.2) is 45.6 Å². The molecule has 1 fully saturated rings. The summed E-state index contributed by atoms with van der Waals surface area (Å²) in [7, 11) is 2.23. The minimum atomic E-state index is -1.01. The molecule has 2 nitrogen and oxygen atoms in total. The zero-order chi connectivity index (χ0) is 14.4. The molecule has 0 N–H and O–H groups in total. The number of hydrogen-bond donors (Lipinski definition) is 0. The zero-order valence-corrected chi connectivity index (χ0v) is 15.1. The molecular formula is C16H34AlNO. The topological polar surface area (TPSA) is 12.5 Å². The van der Waals surface area contributed by atoms with E-state index in [1.54, 1.807) is 0 Å². The Morgan fingerprint density at radius 3 is 1.89 bits per heavy atom. The summed E-state index contributed by atoms with van der Waals surface area (Å²) in [4.78, 5) is 2.44. The molecule has 0 amide bonds. The molecule has 19 heavy (non-hydrogen) atoms. The highest BCUT2D eigenvalue weighted by Gasteiger charge is 2.29. The number of nitrogens with zero attached hydrogens (tertiary/aromatic N) is 1. The maximum Gasteiger partial charge on any atom is 0.461 e. The van der Waals surface area contributed by atoms with Crippen molar-refractivity contribution < 1.29 is 3.79 Å². The van der Waals surface area contributed by atoms with Crippen molar-refractivity contribution in [2.75, 3.05) is 20.1 Å². The lowest BCUT2D eigenvalue weighted by Gasteiger charge is -2.34. The Morgan fingerprint density at radius 1 is 1.00 bits per heavy atom. The monoisotopic (exact) mass is 283 g/mol. The van der Waals surface area contributed by atoms with Gasteiger partial charge in [-0.05, 0) is 45.8 Å². The van der Waals surface area contributed by atoms with E-state index in [1.807, 2.05) is 0 Å². The molecule has 112 valence electrons. The Balaban J connectivity index is 2.43. The molecule has 1 saturated heterocycles. The quantitative estimate of drug-likeness (QED) is 0.654. The average molecular weight is 283 g/mol. The van der Waals surface area contributed by atoms with Crippen LogP contribution < -0.4 is 0 Å². The van der Waals surface area contributed by atoms with E-state index >= 15 is 0 Å². The van der Waals surface area contributed by atoms with Gasteiger partial charge in [-0.3, -0.25) is 0 Å². The molecule has 1 rings (SSSR count). The molecule has 3 heteroatoms. The molecule has 1 heterocycles. The first kappa shape index (κ1) is 17.5. The lowest BCUT2D eigenvalue weighted by Crippen LogP contribution is -2.38. The minimum absolute atomic E-state index is 0.489. The smallest absolute Gasteiger partial charge is 0.461 e. The van der Waals surface area contributed by atoms with Gasteiger partial charge in [0.15, 0.2) is 0 Å². The summed E-state index contributed by atoms with van der Waals surface area (Å²) in [6, 6.07) is 0. The third-order valence-corrected chi connectivity index (χ3v) is 8.05. The summed E-state index contributed by atoms with van der Waals surface area (Å²) < 4.78 is 6.57. The zero-order valence-electron chi connectivity index (χ0n) is 14.0. The molecule has 0 aromatic rings. The molecule has 0 aromatic heterocycles. The molecule has 0 spiro atoms. The third-order valence-electron chi connectivity index (χ3n) is 4.30. The van der Waals surface area contributed by atoms with Crippen LogP contribution in [0.5, 0.6) is 0 Å². The highest BCUT2D eigenvalue weighted by atomic mass is 27.2. The lowest BCUT2D eigenvalue weighted by atomic mass is 9.92. The number of likely N-dealkylation sites (tertiary alicyclic amines) is 1. The largest absolute Gasteiger partial charge is 0.498 e. The molecule has 0 saturated carbocycles. The van der Waals surface area contributed by atoms with Crippen LogP contribution in [0.1, 0.15) is 47.5 Å². The highest BCUT2D eigenvalue weighted by Crippen LogP contribution is 2.25. The van der Waals surface area contributed by atoms with Gasteiger partial charge < -0.3 is 8.69 Å². The lowest BCUT2D eigenvalue weighted by molar-refractivity contribution is 0.0944. The Hall–Kier alpha value is 0.452. The predicted molar refractivity (Wildman–Crippen MR) is 85.8 cm³/mol. The number of piperidine rings is 1. The van der Waals surface area contributed by atoms with Gasteiger partial charge in [-0.1, -0.05) is 50.1 Å². The Labute approximate surface area is 125 Å². The highest BCUT2D eigenvalue weighted by molar-refractivity contribution is 6.52. The molecule has 0 bridgehead atoms. The first-order valence-corrected chi connectivity index (χ1v) is 10.3. The first-order chi connectivity index (χ1) is 8.88. The molecule has 1 aliphatic rings. The van der Waals surface area contributed by atoms with Gasteiger partial charge in [0.25, 0.3) is 0 Å². The van der Waals surface area contributed by atoms with Crippen LogP contribution in [0.4, 0.5) is 0 Å². The second kappa shape index (κ2) is 8.68. The number of hydrogen-bond acceptors (Lipinski definition) is 2. The Bertz CT molecular complexity index is 227. The normalized spacial score (nSPS) is 20.2.